The van der Waals surface area contributed by atoms with Crippen LogP contribution in [0.4, 0.5) is 0 Å². The van der Waals surface area contributed by atoms with Gasteiger partial charge in [-0.1, -0.05) is 0 Å². The SMILES string of the molecule is OC[C@H](O)[C@@H]1NC[C@@H](O)[C@H]1O. The van der Waals surface area contributed by atoms with Crippen LogP contribution in [-0.4, -0.2) is 57.9 Å². The predicted octanol–water partition coefficient (Wildman–Crippen LogP) is -2.97. The average Bonchev–Trinajstić information content (AvgIpc) is 2.32. The van der Waals surface area contributed by atoms with Crippen molar-refractivity contribution in [2.75, 3.05) is 13.2 Å². The maximum Gasteiger partial charge on any atom is 0.0990 e. The Balaban J connectivity index is 2.47. The van der Waals surface area contributed by atoms with Crippen LogP contribution in [-0.2, 0) is 0 Å². The Bertz CT molecular complexity index is 132. The molecule has 0 aliphatic carbocycles. The summed E-state index contributed by atoms with van der Waals surface area (Å²) in [6, 6.07) is -0.616. The minimum atomic E-state index is -1.01. The van der Waals surface area contributed by atoms with Crippen molar-refractivity contribution >= 4 is 0 Å². The topological polar surface area (TPSA) is 93.0 Å². The molecule has 1 aliphatic rings. The molecule has 1 rings (SSSR count). The predicted molar refractivity (Wildman–Crippen MR) is 36.9 cm³/mol. The Hall–Kier alpha value is -0.200. The molecule has 66 valence electrons. The summed E-state index contributed by atoms with van der Waals surface area (Å²) in [7, 11) is 0. The minimum Gasteiger partial charge on any atom is -0.394 e. The molecule has 0 aromatic carbocycles. The minimum absolute atomic E-state index is 0.253. The first-order chi connectivity index (χ1) is 5.16. The third-order valence-electron chi connectivity index (χ3n) is 1.93. The molecule has 0 spiro atoms. The second-order valence-corrected chi connectivity index (χ2v) is 2.74. The van der Waals surface area contributed by atoms with E-state index >= 15 is 0 Å². The van der Waals surface area contributed by atoms with E-state index < -0.39 is 31.0 Å². The molecule has 5 heteroatoms. The quantitative estimate of drug-likeness (QED) is 0.300. The molecule has 0 aromatic rings. The molecule has 1 heterocycles. The van der Waals surface area contributed by atoms with Gasteiger partial charge in [-0.25, -0.2) is 0 Å². The average molecular weight is 163 g/mol. The van der Waals surface area contributed by atoms with Crippen LogP contribution in [0.3, 0.4) is 0 Å². The first kappa shape index (κ1) is 8.89. The molecule has 1 aliphatic heterocycles. The maximum atomic E-state index is 9.18. The van der Waals surface area contributed by atoms with Gasteiger partial charge in [0, 0.05) is 6.54 Å². The zero-order valence-electron chi connectivity index (χ0n) is 6.01. The van der Waals surface area contributed by atoms with Crippen molar-refractivity contribution in [1.82, 2.24) is 5.32 Å². The summed E-state index contributed by atoms with van der Waals surface area (Å²) in [5.41, 5.74) is 0. The summed E-state index contributed by atoms with van der Waals surface area (Å²) in [6.45, 7) is -0.162. The lowest BCUT2D eigenvalue weighted by Gasteiger charge is -2.19. The summed E-state index contributed by atoms with van der Waals surface area (Å²) in [6.07, 6.45) is -2.85. The van der Waals surface area contributed by atoms with Gasteiger partial charge in [-0.05, 0) is 0 Å². The smallest absolute Gasteiger partial charge is 0.0990 e. The first-order valence-corrected chi connectivity index (χ1v) is 3.55. The Morgan fingerprint density at radius 3 is 2.45 bits per heavy atom. The molecule has 5 N–H and O–H groups in total. The lowest BCUT2D eigenvalue weighted by atomic mass is 10.1. The molecule has 1 fully saturated rings. The summed E-state index contributed by atoms with van der Waals surface area (Å²) < 4.78 is 0. The zero-order valence-corrected chi connectivity index (χ0v) is 6.01. The summed E-state index contributed by atoms with van der Waals surface area (Å²) in [4.78, 5) is 0. The Morgan fingerprint density at radius 1 is 1.45 bits per heavy atom. The molecular formula is C6H13NO4. The second kappa shape index (κ2) is 3.46. The van der Waals surface area contributed by atoms with E-state index in [-0.39, 0.29) is 6.54 Å². The van der Waals surface area contributed by atoms with Crippen molar-refractivity contribution in [2.24, 2.45) is 0 Å². The molecule has 4 atom stereocenters. The first-order valence-electron chi connectivity index (χ1n) is 3.55. The normalized spacial score (nSPS) is 40.9. The molecule has 0 aromatic heterocycles. The number of nitrogens with one attached hydrogen (secondary N) is 1. The Morgan fingerprint density at radius 2 is 2.09 bits per heavy atom. The fourth-order valence-electron chi connectivity index (χ4n) is 1.21. The van der Waals surface area contributed by atoms with E-state index in [9.17, 15) is 5.11 Å². The fraction of sp³-hybridized carbons (Fsp3) is 1.00. The highest BCUT2D eigenvalue weighted by molar-refractivity contribution is 4.94. The lowest BCUT2D eigenvalue weighted by molar-refractivity contribution is -0.00977. The fourth-order valence-corrected chi connectivity index (χ4v) is 1.21. The van der Waals surface area contributed by atoms with Gasteiger partial charge < -0.3 is 25.7 Å². The number of hydrogen-bond donors (Lipinski definition) is 5. The molecule has 5 nitrogen and oxygen atoms in total. The van der Waals surface area contributed by atoms with Gasteiger partial charge in [-0.15, -0.1) is 0 Å². The van der Waals surface area contributed by atoms with Crippen molar-refractivity contribution in [1.29, 1.82) is 0 Å². The highest BCUT2D eigenvalue weighted by atomic mass is 16.3. The van der Waals surface area contributed by atoms with Crippen molar-refractivity contribution in [3.63, 3.8) is 0 Å². The molecule has 0 amide bonds. The van der Waals surface area contributed by atoms with E-state index in [0.717, 1.165) is 0 Å². The molecule has 1 saturated heterocycles. The van der Waals surface area contributed by atoms with Crippen molar-refractivity contribution in [3.05, 3.63) is 0 Å². The molecular weight excluding hydrogens is 150 g/mol. The van der Waals surface area contributed by atoms with Crippen LogP contribution < -0.4 is 5.32 Å². The van der Waals surface area contributed by atoms with Crippen LogP contribution in [0.2, 0.25) is 0 Å². The van der Waals surface area contributed by atoms with Gasteiger partial charge in [0.2, 0.25) is 0 Å². The number of rotatable bonds is 2. The highest BCUT2D eigenvalue weighted by Gasteiger charge is 2.36. The van der Waals surface area contributed by atoms with E-state index in [4.69, 9.17) is 15.3 Å². The molecule has 0 bridgehead atoms. The van der Waals surface area contributed by atoms with Crippen LogP contribution in [0.25, 0.3) is 0 Å². The van der Waals surface area contributed by atoms with Gasteiger partial charge in [-0.2, -0.15) is 0 Å². The number of aliphatic hydroxyl groups is 4. The van der Waals surface area contributed by atoms with Crippen molar-refractivity contribution in [3.8, 4) is 0 Å². The maximum absolute atomic E-state index is 9.18. The summed E-state index contributed by atoms with van der Waals surface area (Å²) >= 11 is 0. The Labute approximate surface area is 64.3 Å². The number of hydrogen-bond acceptors (Lipinski definition) is 5. The standard InChI is InChI=1S/C6H13NO4/c8-2-4(10)5-6(11)3(9)1-7-5/h3-11H,1-2H2/t3-,4+,5+,6-/m1/s1. The van der Waals surface area contributed by atoms with E-state index in [1.54, 1.807) is 0 Å². The Kier molecular flexibility index (Phi) is 2.80. The van der Waals surface area contributed by atoms with Crippen molar-refractivity contribution in [2.45, 2.75) is 24.4 Å². The van der Waals surface area contributed by atoms with E-state index in [2.05, 4.69) is 5.32 Å². The van der Waals surface area contributed by atoms with Crippen LogP contribution >= 0.6 is 0 Å². The molecule has 0 saturated carbocycles. The van der Waals surface area contributed by atoms with Gasteiger partial charge >= 0.3 is 0 Å². The van der Waals surface area contributed by atoms with Gasteiger partial charge in [0.05, 0.1) is 31.0 Å². The van der Waals surface area contributed by atoms with Gasteiger partial charge in [-0.3, -0.25) is 0 Å². The van der Waals surface area contributed by atoms with Gasteiger partial charge in [0.1, 0.15) is 0 Å². The van der Waals surface area contributed by atoms with E-state index in [0.29, 0.717) is 0 Å². The van der Waals surface area contributed by atoms with Crippen molar-refractivity contribution < 1.29 is 20.4 Å². The van der Waals surface area contributed by atoms with Crippen LogP contribution in [0, 0.1) is 0 Å². The molecule has 0 radical (unpaired) electrons. The van der Waals surface area contributed by atoms with E-state index in [1.807, 2.05) is 0 Å². The summed E-state index contributed by atoms with van der Waals surface area (Å²) in [5.74, 6) is 0. The molecule has 0 unspecified atom stereocenters. The largest absolute Gasteiger partial charge is 0.394 e. The van der Waals surface area contributed by atoms with Gasteiger partial charge in [0.15, 0.2) is 0 Å². The summed E-state index contributed by atoms with van der Waals surface area (Å²) in [5, 5.41) is 38.5. The van der Waals surface area contributed by atoms with Crippen LogP contribution in [0.1, 0.15) is 0 Å². The monoisotopic (exact) mass is 163 g/mol. The highest BCUT2D eigenvalue weighted by Crippen LogP contribution is 2.10. The zero-order chi connectivity index (χ0) is 8.43. The lowest BCUT2D eigenvalue weighted by Crippen LogP contribution is -2.44. The number of β-amino-alcohol motifs (C(OH)–C–C–N with tert-alkyl or cyclic N) is 1. The molecule has 11 heavy (non-hydrogen) atoms. The second-order valence-electron chi connectivity index (χ2n) is 2.74. The van der Waals surface area contributed by atoms with Crippen LogP contribution in [0.5, 0.6) is 0 Å². The van der Waals surface area contributed by atoms with E-state index in [1.165, 1.54) is 0 Å². The van der Waals surface area contributed by atoms with Gasteiger partial charge in [0.25, 0.3) is 0 Å². The third-order valence-corrected chi connectivity index (χ3v) is 1.93. The number of aliphatic hydroxyl groups excluding tert-OH is 4. The third kappa shape index (κ3) is 1.69. The van der Waals surface area contributed by atoms with Crippen LogP contribution in [0.15, 0.2) is 0 Å².